The lowest BCUT2D eigenvalue weighted by Gasteiger charge is -2.24. The van der Waals surface area contributed by atoms with E-state index < -0.39 is 0 Å². The summed E-state index contributed by atoms with van der Waals surface area (Å²) >= 11 is -0.139. The Labute approximate surface area is 242 Å². The van der Waals surface area contributed by atoms with Crippen molar-refractivity contribution in [2.45, 2.75) is 56.5 Å². The van der Waals surface area contributed by atoms with Crippen LogP contribution in [0.4, 0.5) is 11.8 Å². The molecule has 10 nitrogen and oxygen atoms in total. The second kappa shape index (κ2) is 15.6. The van der Waals surface area contributed by atoms with Gasteiger partial charge in [-0.25, -0.2) is 9.97 Å². The van der Waals surface area contributed by atoms with E-state index in [0.717, 1.165) is 61.8 Å². The third-order valence-electron chi connectivity index (χ3n) is 6.40. The molecular weight excluding hydrogens is 521 g/mol. The fourth-order valence-electron chi connectivity index (χ4n) is 4.29. The number of aromatic amines is 1. The van der Waals surface area contributed by atoms with Crippen LogP contribution >= 0.6 is 0 Å². The summed E-state index contributed by atoms with van der Waals surface area (Å²) in [5.74, 6) is 9.33. The van der Waals surface area contributed by atoms with Gasteiger partial charge in [0.25, 0.3) is 20.1 Å². The van der Waals surface area contributed by atoms with Crippen LogP contribution in [0.25, 0.3) is 0 Å². The maximum Gasteiger partial charge on any atom is 0.259 e. The molecule has 11 heteroatoms. The van der Waals surface area contributed by atoms with Gasteiger partial charge in [0, 0.05) is 56.7 Å². The second-order valence-corrected chi connectivity index (χ2v) is 14.4. The van der Waals surface area contributed by atoms with E-state index in [-0.39, 0.29) is 20.1 Å². The first kappa shape index (κ1) is 31.4. The Morgan fingerprint density at radius 1 is 0.975 bits per heavy atom. The molecule has 1 saturated heterocycles. The van der Waals surface area contributed by atoms with Crippen LogP contribution in [0.1, 0.15) is 41.9 Å². The molecule has 3 aromatic rings. The summed E-state index contributed by atoms with van der Waals surface area (Å²) in [6, 6.07) is 8.17. The lowest BCUT2D eigenvalue weighted by Crippen LogP contribution is -2.35. The van der Waals surface area contributed by atoms with Crippen molar-refractivity contribution < 1.29 is 14.3 Å². The van der Waals surface area contributed by atoms with E-state index in [4.69, 9.17) is 9.47 Å². The van der Waals surface area contributed by atoms with E-state index in [1.54, 1.807) is 26.6 Å². The van der Waals surface area contributed by atoms with Crippen molar-refractivity contribution in [1.29, 1.82) is 0 Å². The molecule has 1 aliphatic heterocycles. The molecular formula is C29H44AlN7O3. The molecule has 216 valence electrons. The molecule has 0 bridgehead atoms. The normalized spacial score (nSPS) is 13.8. The minimum absolute atomic E-state index is 0.139. The second-order valence-electron chi connectivity index (χ2n) is 10.9. The van der Waals surface area contributed by atoms with Crippen LogP contribution in [0.5, 0.6) is 11.5 Å². The lowest BCUT2D eigenvalue weighted by molar-refractivity contribution is 0.102. The van der Waals surface area contributed by atoms with Crippen LogP contribution in [0.3, 0.4) is 0 Å². The molecule has 3 heterocycles. The zero-order valence-corrected chi connectivity index (χ0v) is 26.2. The number of hydrogen-bond acceptors (Lipinski definition) is 8. The number of hydrogen-bond donors (Lipinski definition) is 2. The average molecular weight is 566 g/mol. The summed E-state index contributed by atoms with van der Waals surface area (Å²) < 4.78 is 10.7. The number of nitrogens with one attached hydrogen (secondary N) is 2. The Hall–Kier alpha value is -3.13. The van der Waals surface area contributed by atoms with Crippen molar-refractivity contribution in [2.24, 2.45) is 0 Å². The highest BCUT2D eigenvalue weighted by atomic mass is 27.2. The molecule has 0 atom stereocenters. The third kappa shape index (κ3) is 9.81. The number of aromatic nitrogens is 4. The number of amides is 1. The quantitative estimate of drug-likeness (QED) is 0.364. The SMILES string of the molecule is COc1cc(CCc2cc(NC(=O)c3cnc(N4CCCN(C(C)C)CC4)nc3)[nH]n2)cc(OC)c1.[CH3][Al]([CH3])[CH3]. The fourth-order valence-corrected chi connectivity index (χ4v) is 4.29. The molecule has 1 aromatic carbocycles. The number of carbonyl (C=O) groups is 1. The van der Waals surface area contributed by atoms with Gasteiger partial charge in [-0.05, 0) is 50.8 Å². The van der Waals surface area contributed by atoms with E-state index in [9.17, 15) is 4.79 Å². The van der Waals surface area contributed by atoms with Gasteiger partial charge in [-0.3, -0.25) is 14.8 Å². The minimum atomic E-state index is -0.281. The van der Waals surface area contributed by atoms with Gasteiger partial charge in [0.1, 0.15) is 17.3 Å². The standard InChI is InChI=1S/C26H35N7O3.3CH3.Al/c1-18(2)32-8-5-9-33(11-10-32)26-27-16-20(17-28-26)25(34)29-24-14-21(30-31-24)7-6-19-12-22(35-3)15-23(13-19)36-4;;;;/h12-18H,5-11H2,1-4H3,(H2,29,30,31,34);3*1H3;. The highest BCUT2D eigenvalue weighted by Crippen LogP contribution is 2.23. The van der Waals surface area contributed by atoms with E-state index in [1.807, 2.05) is 24.3 Å². The molecule has 1 amide bonds. The summed E-state index contributed by atoms with van der Waals surface area (Å²) in [7, 11) is 3.27. The smallest absolute Gasteiger partial charge is 0.259 e. The Kier molecular flexibility index (Phi) is 12.3. The number of carbonyl (C=O) groups excluding carboxylic acids is 1. The van der Waals surface area contributed by atoms with Gasteiger partial charge >= 0.3 is 0 Å². The van der Waals surface area contributed by atoms with Gasteiger partial charge in [0.2, 0.25) is 5.95 Å². The molecule has 2 aromatic heterocycles. The Morgan fingerprint density at radius 3 is 2.23 bits per heavy atom. The maximum atomic E-state index is 12.7. The monoisotopic (exact) mass is 565 g/mol. The van der Waals surface area contributed by atoms with Crippen molar-refractivity contribution in [3.63, 3.8) is 0 Å². The van der Waals surface area contributed by atoms with Crippen LogP contribution in [-0.4, -0.2) is 91.6 Å². The first-order valence-electron chi connectivity index (χ1n) is 14.1. The van der Waals surface area contributed by atoms with Gasteiger partial charge < -0.3 is 19.7 Å². The summed E-state index contributed by atoms with van der Waals surface area (Å²) in [6.45, 7) is 8.30. The van der Waals surface area contributed by atoms with E-state index in [0.29, 0.717) is 29.8 Å². The van der Waals surface area contributed by atoms with Crippen molar-refractivity contribution in [3.05, 3.63) is 53.5 Å². The fraction of sp³-hybridized carbons (Fsp3) is 0.517. The van der Waals surface area contributed by atoms with Gasteiger partial charge in [-0.15, -0.1) is 17.4 Å². The van der Waals surface area contributed by atoms with Gasteiger partial charge in [-0.2, -0.15) is 5.10 Å². The van der Waals surface area contributed by atoms with Crippen molar-refractivity contribution >= 4 is 31.8 Å². The van der Waals surface area contributed by atoms with Crippen LogP contribution in [0.2, 0.25) is 17.4 Å². The van der Waals surface area contributed by atoms with Crippen LogP contribution in [0, 0.1) is 0 Å². The zero-order valence-electron chi connectivity index (χ0n) is 25.0. The molecule has 2 N–H and O–H groups in total. The molecule has 40 heavy (non-hydrogen) atoms. The number of benzene rings is 1. The van der Waals surface area contributed by atoms with Crippen molar-refractivity contribution in [2.75, 3.05) is 50.6 Å². The number of H-pyrrole nitrogens is 1. The number of anilines is 2. The first-order valence-corrected chi connectivity index (χ1v) is 17.5. The number of ether oxygens (including phenoxy) is 2. The third-order valence-corrected chi connectivity index (χ3v) is 6.40. The largest absolute Gasteiger partial charge is 0.497 e. The first-order chi connectivity index (χ1) is 19.2. The number of rotatable bonds is 9. The van der Waals surface area contributed by atoms with Crippen LogP contribution < -0.4 is 19.7 Å². The minimum Gasteiger partial charge on any atom is -0.497 e. The predicted octanol–water partition coefficient (Wildman–Crippen LogP) is 4.55. The van der Waals surface area contributed by atoms with Gasteiger partial charge in [-0.1, -0.05) is 0 Å². The van der Waals surface area contributed by atoms with Crippen molar-refractivity contribution in [1.82, 2.24) is 25.1 Å². The highest BCUT2D eigenvalue weighted by molar-refractivity contribution is 6.54. The summed E-state index contributed by atoms with van der Waals surface area (Å²) in [6.07, 6.45) is 5.68. The Bertz CT molecular complexity index is 1180. The van der Waals surface area contributed by atoms with Gasteiger partial charge in [0.15, 0.2) is 0 Å². The molecule has 0 saturated carbocycles. The topological polar surface area (TPSA) is 108 Å². The zero-order chi connectivity index (χ0) is 29.1. The Morgan fingerprint density at radius 2 is 1.62 bits per heavy atom. The molecule has 1 aliphatic rings. The average Bonchev–Trinajstić information content (AvgIpc) is 3.23. The van der Waals surface area contributed by atoms with E-state index in [1.165, 1.54) is 0 Å². The van der Waals surface area contributed by atoms with Gasteiger partial charge in [0.05, 0.1) is 25.5 Å². The van der Waals surface area contributed by atoms with Crippen LogP contribution in [-0.2, 0) is 12.8 Å². The number of nitrogens with zero attached hydrogens (tertiary/aromatic N) is 5. The summed E-state index contributed by atoms with van der Waals surface area (Å²) in [5.41, 5.74) is 2.32. The van der Waals surface area contributed by atoms with E-state index in [2.05, 4.69) is 66.5 Å². The lowest BCUT2D eigenvalue weighted by atomic mass is 10.1. The van der Waals surface area contributed by atoms with Crippen LogP contribution in [0.15, 0.2) is 36.7 Å². The summed E-state index contributed by atoms with van der Waals surface area (Å²) in [5, 5.41) is 10.1. The van der Waals surface area contributed by atoms with Crippen molar-refractivity contribution in [3.8, 4) is 11.5 Å². The molecule has 4 rings (SSSR count). The Balaban J connectivity index is 0.00000103. The van der Waals surface area contributed by atoms with E-state index >= 15 is 0 Å². The molecule has 0 radical (unpaired) electrons. The number of methoxy groups -OCH3 is 2. The molecule has 0 spiro atoms. The summed E-state index contributed by atoms with van der Waals surface area (Å²) in [4.78, 5) is 26.3. The maximum absolute atomic E-state index is 12.7. The molecule has 1 fully saturated rings. The predicted molar refractivity (Wildman–Crippen MR) is 162 cm³/mol. The highest BCUT2D eigenvalue weighted by Gasteiger charge is 2.19. The number of aryl methyl sites for hydroxylation is 2. The molecule has 0 unspecified atom stereocenters. The molecule has 0 aliphatic carbocycles.